The van der Waals surface area contributed by atoms with Crippen LogP contribution in [0.3, 0.4) is 0 Å². The fourth-order valence-corrected chi connectivity index (χ4v) is 3.48. The summed E-state index contributed by atoms with van der Waals surface area (Å²) in [5, 5.41) is 11.9. The van der Waals surface area contributed by atoms with E-state index in [0.717, 1.165) is 22.0 Å². The Hall–Kier alpha value is -4.26. The molecule has 5 rings (SSSR count). The van der Waals surface area contributed by atoms with Gasteiger partial charge in [-0.05, 0) is 30.3 Å². The van der Waals surface area contributed by atoms with Gasteiger partial charge in [0.1, 0.15) is 12.4 Å². The fraction of sp³-hybridized carbons (Fsp3) is 0.0417. The first-order chi connectivity index (χ1) is 15.2. The molecule has 1 N–H and O–H groups in total. The Morgan fingerprint density at radius 1 is 0.903 bits per heavy atom. The second kappa shape index (κ2) is 7.87. The summed E-state index contributed by atoms with van der Waals surface area (Å²) in [4.78, 5) is 12.6. The van der Waals surface area contributed by atoms with Gasteiger partial charge in [-0.2, -0.15) is 0 Å². The number of benzene rings is 3. The van der Waals surface area contributed by atoms with Crippen molar-refractivity contribution in [2.45, 2.75) is 6.54 Å². The quantitative estimate of drug-likeness (QED) is 0.434. The molecule has 0 radical (unpaired) electrons. The Morgan fingerprint density at radius 2 is 1.61 bits per heavy atom. The maximum absolute atomic E-state index is 13.9. The van der Waals surface area contributed by atoms with Gasteiger partial charge in [0.15, 0.2) is 0 Å². The molecule has 0 unspecified atom stereocenters. The molecule has 0 aliphatic heterocycles. The van der Waals surface area contributed by atoms with Crippen LogP contribution >= 0.6 is 0 Å². The van der Waals surface area contributed by atoms with Crippen LogP contribution in [0.1, 0.15) is 0 Å². The van der Waals surface area contributed by atoms with Crippen LogP contribution in [0.15, 0.2) is 89.5 Å². The molecule has 3 aromatic carbocycles. The number of fused-ring (bicyclic) bond motifs is 1. The van der Waals surface area contributed by atoms with Crippen LogP contribution in [0, 0.1) is 5.82 Å². The largest absolute Gasteiger partial charge is 0.416 e. The highest BCUT2D eigenvalue weighted by Crippen LogP contribution is 2.31. The van der Waals surface area contributed by atoms with Gasteiger partial charge in [0.2, 0.25) is 17.7 Å². The molecule has 0 aliphatic carbocycles. The molecule has 31 heavy (non-hydrogen) atoms. The number of nitrogens with one attached hydrogen (secondary N) is 1. The highest BCUT2D eigenvalue weighted by atomic mass is 19.1. The van der Waals surface area contributed by atoms with E-state index >= 15 is 0 Å². The highest BCUT2D eigenvalue weighted by molar-refractivity contribution is 5.96. The van der Waals surface area contributed by atoms with Gasteiger partial charge < -0.3 is 14.3 Å². The summed E-state index contributed by atoms with van der Waals surface area (Å²) in [5.74, 6) is -0.0332. The van der Waals surface area contributed by atoms with Crippen LogP contribution < -0.4 is 5.32 Å². The standard InChI is InChI=1S/C24H17FN4O2/c25-19-11-5-6-12-20(19)26-22(30)15-29-14-18(17-10-4-7-13-21(17)29)24-28-27-23(31-24)16-8-2-1-3-9-16/h1-14H,15H2,(H,26,30). The lowest BCUT2D eigenvalue weighted by Gasteiger charge is -2.08. The molecule has 0 saturated heterocycles. The van der Waals surface area contributed by atoms with Gasteiger partial charge in [-0.15, -0.1) is 10.2 Å². The van der Waals surface area contributed by atoms with E-state index in [1.165, 1.54) is 12.1 Å². The number of hydrogen-bond acceptors (Lipinski definition) is 4. The van der Waals surface area contributed by atoms with Crippen molar-refractivity contribution in [2.24, 2.45) is 0 Å². The minimum atomic E-state index is -0.479. The number of carbonyl (C=O) groups is 1. The third kappa shape index (κ3) is 3.69. The Balaban J connectivity index is 1.47. The zero-order valence-electron chi connectivity index (χ0n) is 16.3. The third-order valence-electron chi connectivity index (χ3n) is 4.93. The van der Waals surface area contributed by atoms with Gasteiger partial charge in [0, 0.05) is 22.7 Å². The zero-order valence-corrected chi connectivity index (χ0v) is 16.3. The first kappa shape index (κ1) is 18.7. The molecule has 1 amide bonds. The number of hydrogen-bond donors (Lipinski definition) is 1. The maximum Gasteiger partial charge on any atom is 0.250 e. The summed E-state index contributed by atoms with van der Waals surface area (Å²) in [6, 6.07) is 23.2. The number of carbonyl (C=O) groups excluding carboxylic acids is 1. The predicted molar refractivity (Wildman–Crippen MR) is 116 cm³/mol. The van der Waals surface area contributed by atoms with E-state index in [4.69, 9.17) is 4.42 Å². The molecule has 7 heteroatoms. The van der Waals surface area contributed by atoms with Gasteiger partial charge in [-0.3, -0.25) is 4.79 Å². The van der Waals surface area contributed by atoms with Gasteiger partial charge in [0.05, 0.1) is 11.3 Å². The molecule has 0 aliphatic rings. The van der Waals surface area contributed by atoms with Crippen molar-refractivity contribution in [1.82, 2.24) is 14.8 Å². The molecule has 6 nitrogen and oxygen atoms in total. The van der Waals surface area contributed by atoms with Crippen LogP contribution in [-0.4, -0.2) is 20.7 Å². The Morgan fingerprint density at radius 3 is 2.45 bits per heavy atom. The van der Waals surface area contributed by atoms with Crippen LogP contribution in [0.4, 0.5) is 10.1 Å². The van der Waals surface area contributed by atoms with Crippen LogP contribution in [0.5, 0.6) is 0 Å². The monoisotopic (exact) mass is 412 g/mol. The smallest absolute Gasteiger partial charge is 0.250 e. The zero-order chi connectivity index (χ0) is 21.2. The number of aromatic nitrogens is 3. The molecule has 0 bridgehead atoms. The Kier molecular flexibility index (Phi) is 4.76. The number of rotatable bonds is 5. The third-order valence-corrected chi connectivity index (χ3v) is 4.93. The van der Waals surface area contributed by atoms with Gasteiger partial charge in [0.25, 0.3) is 0 Å². The Bertz CT molecular complexity index is 1370. The highest BCUT2D eigenvalue weighted by Gasteiger charge is 2.18. The lowest BCUT2D eigenvalue weighted by molar-refractivity contribution is -0.116. The van der Waals surface area contributed by atoms with Crippen molar-refractivity contribution in [3.8, 4) is 22.9 Å². The molecular weight excluding hydrogens is 395 g/mol. The van der Waals surface area contributed by atoms with Gasteiger partial charge in [-0.25, -0.2) is 4.39 Å². The number of amides is 1. The van der Waals surface area contributed by atoms with Crippen molar-refractivity contribution < 1.29 is 13.6 Å². The lowest BCUT2D eigenvalue weighted by Crippen LogP contribution is -2.18. The average molecular weight is 412 g/mol. The summed E-state index contributed by atoms with van der Waals surface area (Å²) >= 11 is 0. The first-order valence-corrected chi connectivity index (χ1v) is 9.70. The molecule has 5 aromatic rings. The summed E-state index contributed by atoms with van der Waals surface area (Å²) < 4.78 is 21.6. The molecule has 2 heterocycles. The van der Waals surface area contributed by atoms with E-state index in [-0.39, 0.29) is 18.1 Å². The molecule has 0 spiro atoms. The molecule has 152 valence electrons. The van der Waals surface area contributed by atoms with Crippen molar-refractivity contribution in [3.63, 3.8) is 0 Å². The second-order valence-electron chi connectivity index (χ2n) is 6.99. The summed E-state index contributed by atoms with van der Waals surface area (Å²) in [6.45, 7) is 0.00846. The van der Waals surface area contributed by atoms with Crippen LogP contribution in [0.25, 0.3) is 33.8 Å². The van der Waals surface area contributed by atoms with Gasteiger partial charge in [-0.1, -0.05) is 48.5 Å². The summed E-state index contributed by atoms with van der Waals surface area (Å²) in [5.41, 5.74) is 2.53. The number of anilines is 1. The number of nitrogens with zero attached hydrogens (tertiary/aromatic N) is 3. The molecule has 0 fully saturated rings. The van der Waals surface area contributed by atoms with E-state index < -0.39 is 5.82 Å². The first-order valence-electron chi connectivity index (χ1n) is 9.70. The van der Waals surface area contributed by atoms with E-state index in [9.17, 15) is 9.18 Å². The molecular formula is C24H17FN4O2. The Labute approximate surface area is 177 Å². The molecule has 2 aromatic heterocycles. The van der Waals surface area contributed by atoms with Crippen molar-refractivity contribution in [3.05, 3.63) is 90.9 Å². The number of halogens is 1. The lowest BCUT2D eigenvalue weighted by atomic mass is 10.2. The van der Waals surface area contributed by atoms with Crippen LogP contribution in [-0.2, 0) is 11.3 Å². The maximum atomic E-state index is 13.9. The predicted octanol–water partition coefficient (Wildman–Crippen LogP) is 5.14. The van der Waals surface area contributed by atoms with Crippen molar-refractivity contribution >= 4 is 22.5 Å². The number of para-hydroxylation sites is 2. The topological polar surface area (TPSA) is 73.0 Å². The van der Waals surface area contributed by atoms with Crippen LogP contribution in [0.2, 0.25) is 0 Å². The van der Waals surface area contributed by atoms with E-state index in [2.05, 4.69) is 15.5 Å². The summed E-state index contributed by atoms with van der Waals surface area (Å²) in [6.07, 6.45) is 1.80. The second-order valence-corrected chi connectivity index (χ2v) is 6.99. The van der Waals surface area contributed by atoms with E-state index in [1.54, 1.807) is 22.9 Å². The van der Waals surface area contributed by atoms with E-state index in [0.29, 0.717) is 11.8 Å². The molecule has 0 saturated carbocycles. The van der Waals surface area contributed by atoms with E-state index in [1.807, 2.05) is 54.6 Å². The minimum absolute atomic E-state index is 0.00846. The average Bonchev–Trinajstić information content (AvgIpc) is 3.42. The van der Waals surface area contributed by atoms with Crippen molar-refractivity contribution in [2.75, 3.05) is 5.32 Å². The fourth-order valence-electron chi connectivity index (χ4n) is 3.48. The molecule has 0 atom stereocenters. The summed E-state index contributed by atoms with van der Waals surface area (Å²) in [7, 11) is 0. The van der Waals surface area contributed by atoms with Gasteiger partial charge >= 0.3 is 0 Å². The SMILES string of the molecule is O=C(Cn1cc(-c2nnc(-c3ccccc3)o2)c2ccccc21)Nc1ccccc1F. The normalized spacial score (nSPS) is 11.0. The minimum Gasteiger partial charge on any atom is -0.416 e. The van der Waals surface area contributed by atoms with Crippen molar-refractivity contribution in [1.29, 1.82) is 0 Å².